The van der Waals surface area contributed by atoms with E-state index in [0.29, 0.717) is 18.1 Å². The third kappa shape index (κ3) is 2.88. The summed E-state index contributed by atoms with van der Waals surface area (Å²) in [6.45, 7) is 2.26. The highest BCUT2D eigenvalue weighted by Crippen LogP contribution is 2.33. The highest BCUT2D eigenvalue weighted by atomic mass is 19.1. The largest absolute Gasteiger partial charge is 0.490 e. The van der Waals surface area contributed by atoms with Crippen molar-refractivity contribution in [2.75, 3.05) is 6.61 Å². The van der Waals surface area contributed by atoms with Gasteiger partial charge < -0.3 is 14.6 Å². The summed E-state index contributed by atoms with van der Waals surface area (Å²) in [5, 5.41) is 9.05. The molecule has 0 spiro atoms. The van der Waals surface area contributed by atoms with E-state index in [1.54, 1.807) is 24.3 Å². The number of benzene rings is 2. The SMILES string of the molecule is CCOc1ccccc1Oc1cccc(F)c1C(=O)O. The number of carbonyl (C=O) groups is 1. The minimum absolute atomic E-state index is 0.0651. The van der Waals surface area contributed by atoms with Crippen molar-refractivity contribution in [3.63, 3.8) is 0 Å². The normalized spacial score (nSPS) is 10.1. The number of carboxylic acids is 1. The first-order valence-electron chi connectivity index (χ1n) is 6.05. The lowest BCUT2D eigenvalue weighted by atomic mass is 10.2. The summed E-state index contributed by atoms with van der Waals surface area (Å²) in [7, 11) is 0. The Kier molecular flexibility index (Phi) is 4.20. The molecule has 0 aliphatic heterocycles. The van der Waals surface area contributed by atoms with E-state index in [4.69, 9.17) is 14.6 Å². The summed E-state index contributed by atoms with van der Waals surface area (Å²) in [6.07, 6.45) is 0. The molecule has 0 amide bonds. The quantitative estimate of drug-likeness (QED) is 0.904. The van der Waals surface area contributed by atoms with Crippen molar-refractivity contribution in [1.82, 2.24) is 0 Å². The van der Waals surface area contributed by atoms with Crippen molar-refractivity contribution in [2.24, 2.45) is 0 Å². The monoisotopic (exact) mass is 276 g/mol. The standard InChI is InChI=1S/C15H13FO4/c1-2-19-11-7-3-4-8-12(11)20-13-9-5-6-10(16)14(13)15(17)18/h3-9H,2H2,1H3,(H,17,18). The fourth-order valence-electron chi connectivity index (χ4n) is 1.72. The first-order chi connectivity index (χ1) is 9.63. The number of hydrogen-bond acceptors (Lipinski definition) is 3. The van der Waals surface area contributed by atoms with Crippen molar-refractivity contribution in [3.05, 3.63) is 53.8 Å². The molecule has 104 valence electrons. The second-order valence-corrected chi connectivity index (χ2v) is 3.90. The molecular formula is C15H13FO4. The summed E-state index contributed by atoms with van der Waals surface area (Å²) in [5.41, 5.74) is -0.501. The van der Waals surface area contributed by atoms with Crippen molar-refractivity contribution in [2.45, 2.75) is 6.92 Å². The molecule has 0 bridgehead atoms. The van der Waals surface area contributed by atoms with Crippen LogP contribution >= 0.6 is 0 Å². The second kappa shape index (κ2) is 6.06. The van der Waals surface area contributed by atoms with Crippen LogP contribution < -0.4 is 9.47 Å². The van der Waals surface area contributed by atoms with Crippen LogP contribution in [0.1, 0.15) is 17.3 Å². The van der Waals surface area contributed by atoms with Crippen molar-refractivity contribution >= 4 is 5.97 Å². The smallest absolute Gasteiger partial charge is 0.342 e. The van der Waals surface area contributed by atoms with Gasteiger partial charge in [-0.25, -0.2) is 9.18 Å². The molecule has 0 aliphatic carbocycles. The fraction of sp³-hybridized carbons (Fsp3) is 0.133. The molecule has 0 atom stereocenters. The Bertz CT molecular complexity index is 625. The van der Waals surface area contributed by atoms with E-state index in [1.165, 1.54) is 12.1 Å². The number of carboxylic acid groups (broad SMARTS) is 1. The van der Waals surface area contributed by atoms with Crippen molar-refractivity contribution < 1.29 is 23.8 Å². The maximum absolute atomic E-state index is 13.6. The summed E-state index contributed by atoms with van der Waals surface area (Å²) in [6, 6.07) is 10.7. The third-order valence-corrected chi connectivity index (χ3v) is 2.56. The highest BCUT2D eigenvalue weighted by Gasteiger charge is 2.18. The van der Waals surface area contributed by atoms with Crippen molar-refractivity contribution in [1.29, 1.82) is 0 Å². The highest BCUT2D eigenvalue weighted by molar-refractivity contribution is 5.91. The lowest BCUT2D eigenvalue weighted by molar-refractivity contribution is 0.0689. The molecule has 4 nitrogen and oxygen atoms in total. The lowest BCUT2D eigenvalue weighted by Gasteiger charge is -2.13. The molecule has 0 radical (unpaired) electrons. The van der Waals surface area contributed by atoms with E-state index in [1.807, 2.05) is 6.92 Å². The molecule has 5 heteroatoms. The summed E-state index contributed by atoms with van der Waals surface area (Å²) >= 11 is 0. The Labute approximate surface area is 115 Å². The minimum atomic E-state index is -1.38. The van der Waals surface area contributed by atoms with Crippen LogP contribution in [0.25, 0.3) is 0 Å². The van der Waals surface area contributed by atoms with Gasteiger partial charge in [-0.1, -0.05) is 18.2 Å². The van der Waals surface area contributed by atoms with Crippen LogP contribution in [-0.2, 0) is 0 Å². The maximum atomic E-state index is 13.6. The third-order valence-electron chi connectivity index (χ3n) is 2.56. The molecule has 2 aromatic rings. The summed E-state index contributed by atoms with van der Waals surface area (Å²) in [5.74, 6) is -1.49. The lowest BCUT2D eigenvalue weighted by Crippen LogP contribution is -2.04. The molecule has 2 aromatic carbocycles. The minimum Gasteiger partial charge on any atom is -0.490 e. The van der Waals surface area contributed by atoms with Gasteiger partial charge in [0.05, 0.1) is 6.61 Å². The number of halogens is 1. The first-order valence-corrected chi connectivity index (χ1v) is 6.05. The van der Waals surface area contributed by atoms with Gasteiger partial charge in [0, 0.05) is 0 Å². The molecule has 20 heavy (non-hydrogen) atoms. The summed E-state index contributed by atoms with van der Waals surface area (Å²) < 4.78 is 24.4. The Morgan fingerprint density at radius 3 is 2.40 bits per heavy atom. The van der Waals surface area contributed by atoms with Crippen LogP contribution in [0.3, 0.4) is 0 Å². The van der Waals surface area contributed by atoms with Crippen molar-refractivity contribution in [3.8, 4) is 17.2 Å². The number of para-hydroxylation sites is 2. The molecule has 1 N–H and O–H groups in total. The Hall–Kier alpha value is -2.56. The zero-order valence-electron chi connectivity index (χ0n) is 10.8. The van der Waals surface area contributed by atoms with E-state index < -0.39 is 17.3 Å². The van der Waals surface area contributed by atoms with Gasteiger partial charge in [-0.05, 0) is 31.2 Å². The molecule has 0 saturated heterocycles. The Morgan fingerprint density at radius 2 is 1.75 bits per heavy atom. The first kappa shape index (κ1) is 13.9. The van der Waals surface area contributed by atoms with Gasteiger partial charge in [0.1, 0.15) is 17.1 Å². The Balaban J connectivity index is 2.40. The topological polar surface area (TPSA) is 55.8 Å². The number of aromatic carboxylic acids is 1. The molecule has 0 unspecified atom stereocenters. The fourth-order valence-corrected chi connectivity index (χ4v) is 1.72. The predicted octanol–water partition coefficient (Wildman–Crippen LogP) is 3.71. The second-order valence-electron chi connectivity index (χ2n) is 3.90. The van der Waals surface area contributed by atoms with E-state index in [-0.39, 0.29) is 5.75 Å². The van der Waals surface area contributed by atoms with Crippen LogP contribution in [0.5, 0.6) is 17.2 Å². The van der Waals surface area contributed by atoms with Gasteiger partial charge in [-0.15, -0.1) is 0 Å². The predicted molar refractivity (Wildman–Crippen MR) is 71.0 cm³/mol. The zero-order chi connectivity index (χ0) is 14.5. The van der Waals surface area contributed by atoms with E-state index in [0.717, 1.165) is 6.07 Å². The van der Waals surface area contributed by atoms with Crippen LogP contribution in [0.4, 0.5) is 4.39 Å². The number of hydrogen-bond donors (Lipinski definition) is 1. The van der Waals surface area contributed by atoms with Crippen LogP contribution in [0.15, 0.2) is 42.5 Å². The molecule has 0 saturated carbocycles. The molecule has 0 aliphatic rings. The molecule has 0 aromatic heterocycles. The van der Waals surface area contributed by atoms with Gasteiger partial charge in [0.15, 0.2) is 11.5 Å². The number of ether oxygens (including phenoxy) is 2. The van der Waals surface area contributed by atoms with Crippen LogP contribution in [-0.4, -0.2) is 17.7 Å². The average Bonchev–Trinajstić information content (AvgIpc) is 2.41. The molecular weight excluding hydrogens is 263 g/mol. The van der Waals surface area contributed by atoms with Crippen LogP contribution in [0.2, 0.25) is 0 Å². The molecule has 2 rings (SSSR count). The van der Waals surface area contributed by atoms with Gasteiger partial charge in [-0.2, -0.15) is 0 Å². The van der Waals surface area contributed by atoms with Crippen LogP contribution in [0, 0.1) is 5.82 Å². The molecule has 0 fully saturated rings. The van der Waals surface area contributed by atoms with E-state index >= 15 is 0 Å². The van der Waals surface area contributed by atoms with Gasteiger partial charge in [0.2, 0.25) is 0 Å². The average molecular weight is 276 g/mol. The Morgan fingerprint density at radius 1 is 1.10 bits per heavy atom. The van der Waals surface area contributed by atoms with Gasteiger partial charge in [0.25, 0.3) is 0 Å². The van der Waals surface area contributed by atoms with Gasteiger partial charge >= 0.3 is 5.97 Å². The van der Waals surface area contributed by atoms with E-state index in [9.17, 15) is 9.18 Å². The number of rotatable bonds is 5. The maximum Gasteiger partial charge on any atom is 0.342 e. The van der Waals surface area contributed by atoms with Gasteiger partial charge in [-0.3, -0.25) is 0 Å². The zero-order valence-corrected chi connectivity index (χ0v) is 10.8. The summed E-state index contributed by atoms with van der Waals surface area (Å²) in [4.78, 5) is 11.1. The molecule has 0 heterocycles. The van der Waals surface area contributed by atoms with E-state index in [2.05, 4.69) is 0 Å².